The lowest BCUT2D eigenvalue weighted by molar-refractivity contribution is -0.150. The number of rotatable bonds is 20. The van der Waals surface area contributed by atoms with Gasteiger partial charge in [0.15, 0.2) is 34.6 Å². The van der Waals surface area contributed by atoms with Crippen LogP contribution in [0.5, 0.6) is 23.0 Å². The zero-order valence-corrected chi connectivity index (χ0v) is 32.1. The van der Waals surface area contributed by atoms with Gasteiger partial charge in [0.25, 0.3) is 0 Å². The van der Waals surface area contributed by atoms with Crippen molar-refractivity contribution >= 4 is 47.6 Å². The molecule has 0 N–H and O–H groups in total. The number of carbonyl (C=O) groups excluding carboxylic acids is 6. The molecule has 2 atom stereocenters. The Morgan fingerprint density at radius 3 is 1.28 bits per heavy atom. The van der Waals surface area contributed by atoms with E-state index in [1.165, 1.54) is 50.7 Å². The van der Waals surface area contributed by atoms with Crippen molar-refractivity contribution in [2.24, 2.45) is 11.8 Å². The Bertz CT molecular complexity index is 1940. The van der Waals surface area contributed by atoms with Crippen molar-refractivity contribution < 1.29 is 57.2 Å². The van der Waals surface area contributed by atoms with Crippen LogP contribution in [0.4, 0.5) is 0 Å². The average molecular weight is 777 g/mol. The van der Waals surface area contributed by atoms with E-state index in [4.69, 9.17) is 28.4 Å². The number of hydrogen-bond acceptors (Lipinski definition) is 12. The molecule has 0 saturated heterocycles. The molecule has 4 rings (SSSR count). The van der Waals surface area contributed by atoms with Gasteiger partial charge in [-0.2, -0.15) is 0 Å². The van der Waals surface area contributed by atoms with Crippen molar-refractivity contribution in [3.8, 4) is 23.0 Å². The second-order valence-electron chi connectivity index (χ2n) is 12.9. The summed E-state index contributed by atoms with van der Waals surface area (Å²) in [5.74, 6) is -4.12. The molecule has 0 aromatic heterocycles. The summed E-state index contributed by atoms with van der Waals surface area (Å²) in [6.45, 7) is 3.32. The molecule has 2 unspecified atom stereocenters. The summed E-state index contributed by atoms with van der Waals surface area (Å²) in [7, 11) is 2.79. The second-order valence-corrected chi connectivity index (χ2v) is 12.9. The van der Waals surface area contributed by atoms with Crippen LogP contribution in [0.15, 0.2) is 109 Å². The van der Waals surface area contributed by atoms with Crippen LogP contribution in [0.3, 0.4) is 0 Å². The quantitative estimate of drug-likeness (QED) is 0.0382. The zero-order valence-electron chi connectivity index (χ0n) is 32.1. The van der Waals surface area contributed by atoms with E-state index >= 15 is 0 Å². The van der Waals surface area contributed by atoms with Gasteiger partial charge < -0.3 is 28.4 Å². The lowest BCUT2D eigenvalue weighted by Gasteiger charge is -2.13. The van der Waals surface area contributed by atoms with E-state index in [1.54, 1.807) is 38.1 Å². The summed E-state index contributed by atoms with van der Waals surface area (Å²) in [5, 5.41) is 0. The molecular formula is C45H44O12. The van der Waals surface area contributed by atoms with Gasteiger partial charge in [-0.25, -0.2) is 0 Å². The number of esters is 4. The lowest BCUT2D eigenvalue weighted by Crippen LogP contribution is -2.22. The Hall–Kier alpha value is -6.82. The number of benzene rings is 4. The molecule has 0 radical (unpaired) electrons. The van der Waals surface area contributed by atoms with Gasteiger partial charge in [-0.15, -0.1) is 0 Å². The highest BCUT2D eigenvalue weighted by molar-refractivity contribution is 6.11. The molecule has 0 heterocycles. The zero-order chi connectivity index (χ0) is 41.2. The number of carbonyl (C=O) groups is 6. The molecule has 57 heavy (non-hydrogen) atoms. The summed E-state index contributed by atoms with van der Waals surface area (Å²) >= 11 is 0. The molecule has 12 nitrogen and oxygen atoms in total. The molecule has 0 aliphatic carbocycles. The predicted octanol–water partition coefficient (Wildman–Crippen LogP) is 7.31. The first-order valence-corrected chi connectivity index (χ1v) is 18.0. The fourth-order valence-electron chi connectivity index (χ4n) is 5.09. The number of ether oxygens (including phenoxy) is 6. The van der Waals surface area contributed by atoms with Crippen molar-refractivity contribution in [1.29, 1.82) is 0 Å². The minimum atomic E-state index is -0.780. The van der Waals surface area contributed by atoms with Crippen molar-refractivity contribution in [3.63, 3.8) is 0 Å². The highest BCUT2D eigenvalue weighted by atomic mass is 16.6. The fourth-order valence-corrected chi connectivity index (χ4v) is 5.09. The van der Waals surface area contributed by atoms with Crippen molar-refractivity contribution in [2.75, 3.05) is 14.2 Å². The van der Waals surface area contributed by atoms with Gasteiger partial charge in [0, 0.05) is 0 Å². The van der Waals surface area contributed by atoms with Crippen LogP contribution >= 0.6 is 0 Å². The van der Waals surface area contributed by atoms with E-state index in [0.29, 0.717) is 11.1 Å². The molecule has 296 valence electrons. The molecule has 4 aromatic rings. The van der Waals surface area contributed by atoms with Gasteiger partial charge in [0.05, 0.1) is 45.3 Å². The number of allylic oxidation sites excluding steroid dienone is 2. The topological polar surface area (TPSA) is 158 Å². The third-order valence-electron chi connectivity index (χ3n) is 8.30. The maximum atomic E-state index is 12.7. The van der Waals surface area contributed by atoms with Crippen LogP contribution < -0.4 is 18.9 Å². The predicted molar refractivity (Wildman–Crippen MR) is 210 cm³/mol. The maximum absolute atomic E-state index is 12.7. The lowest BCUT2D eigenvalue weighted by atomic mass is 10.1. The van der Waals surface area contributed by atoms with E-state index in [9.17, 15) is 28.8 Å². The van der Waals surface area contributed by atoms with Crippen LogP contribution in [0.1, 0.15) is 55.4 Å². The SMILES string of the molecule is COc1cc(/C=C/C(=O)CC(=O)/C=C/c2ccc(OC(=O)C(C)CC(=O)OCc3ccccc3)c(OC)c2)ccc1OC(=O)C(C)CC(=O)OCc1ccccc1. The summed E-state index contributed by atoms with van der Waals surface area (Å²) < 4.78 is 32.2. The first-order valence-electron chi connectivity index (χ1n) is 18.0. The monoisotopic (exact) mass is 776 g/mol. The standard InChI is InChI=1S/C45H44O12/c1-30(23-42(48)54-28-34-11-7-5-8-12-34)44(50)56-38-21-17-32(25-40(38)52-3)15-19-36(46)27-37(47)20-16-33-18-22-39(41(26-33)53-4)57-45(51)31(2)24-43(49)55-29-35-13-9-6-10-14-35/h5-22,25-26,30-31H,23-24,27-29H2,1-4H3/b19-15+,20-16+. The maximum Gasteiger partial charge on any atom is 0.314 e. The minimum Gasteiger partial charge on any atom is -0.493 e. The Balaban J connectivity index is 1.23. The van der Waals surface area contributed by atoms with E-state index in [1.807, 2.05) is 60.7 Å². The summed E-state index contributed by atoms with van der Waals surface area (Å²) in [4.78, 5) is 75.1. The largest absolute Gasteiger partial charge is 0.493 e. The molecular weight excluding hydrogens is 732 g/mol. The number of ketones is 2. The molecule has 12 heteroatoms. The first kappa shape index (κ1) is 42.9. The highest BCUT2D eigenvalue weighted by Gasteiger charge is 2.23. The van der Waals surface area contributed by atoms with Crippen LogP contribution in [0.2, 0.25) is 0 Å². The third-order valence-corrected chi connectivity index (χ3v) is 8.30. The van der Waals surface area contributed by atoms with Crippen LogP contribution in [-0.4, -0.2) is 49.7 Å². The van der Waals surface area contributed by atoms with Gasteiger partial charge >= 0.3 is 23.9 Å². The minimum absolute atomic E-state index is 0.101. The molecule has 0 saturated carbocycles. The second kappa shape index (κ2) is 21.9. The van der Waals surface area contributed by atoms with Crippen LogP contribution in [0, 0.1) is 11.8 Å². The van der Waals surface area contributed by atoms with Gasteiger partial charge in [0.1, 0.15) is 13.2 Å². The average Bonchev–Trinajstić information content (AvgIpc) is 3.21. The Kier molecular flexibility index (Phi) is 16.5. The van der Waals surface area contributed by atoms with E-state index < -0.39 is 53.7 Å². The Morgan fingerprint density at radius 2 is 0.912 bits per heavy atom. The Labute approximate surface area is 331 Å². The van der Waals surface area contributed by atoms with E-state index in [-0.39, 0.29) is 49.1 Å². The molecule has 0 fully saturated rings. The first-order chi connectivity index (χ1) is 27.4. The molecule has 0 amide bonds. The number of hydrogen-bond donors (Lipinski definition) is 0. The molecule has 0 aliphatic rings. The summed E-state index contributed by atoms with van der Waals surface area (Å²) in [6, 6.07) is 27.7. The van der Waals surface area contributed by atoms with Crippen LogP contribution in [0.25, 0.3) is 12.2 Å². The fraction of sp³-hybridized carbons (Fsp3) is 0.244. The van der Waals surface area contributed by atoms with Crippen molar-refractivity contribution in [3.05, 3.63) is 131 Å². The summed E-state index contributed by atoms with van der Waals surface area (Å²) in [5.41, 5.74) is 2.76. The van der Waals surface area contributed by atoms with Gasteiger partial charge in [-0.3, -0.25) is 28.8 Å². The van der Waals surface area contributed by atoms with Gasteiger partial charge in [-0.1, -0.05) is 98.8 Å². The molecule has 0 bridgehead atoms. The Morgan fingerprint density at radius 1 is 0.526 bits per heavy atom. The third kappa shape index (κ3) is 14.4. The molecule has 4 aromatic carbocycles. The summed E-state index contributed by atoms with van der Waals surface area (Å²) in [6.07, 6.45) is 4.78. The number of methoxy groups -OCH3 is 2. The highest BCUT2D eigenvalue weighted by Crippen LogP contribution is 2.31. The smallest absolute Gasteiger partial charge is 0.314 e. The van der Waals surface area contributed by atoms with Crippen LogP contribution in [-0.2, 0) is 51.5 Å². The van der Waals surface area contributed by atoms with Gasteiger partial charge in [0.2, 0.25) is 0 Å². The molecule has 0 aliphatic heterocycles. The normalized spacial score (nSPS) is 12.0. The van der Waals surface area contributed by atoms with Crippen molar-refractivity contribution in [2.45, 2.75) is 46.3 Å². The van der Waals surface area contributed by atoms with Gasteiger partial charge in [-0.05, 0) is 58.7 Å². The molecule has 0 spiro atoms. The van der Waals surface area contributed by atoms with E-state index in [0.717, 1.165) is 11.1 Å². The van der Waals surface area contributed by atoms with E-state index in [2.05, 4.69) is 0 Å². The van der Waals surface area contributed by atoms with Crippen molar-refractivity contribution in [1.82, 2.24) is 0 Å².